The number of aryl methyl sites for hydroxylation is 2. The summed E-state index contributed by atoms with van der Waals surface area (Å²) in [6.07, 6.45) is 3.71. The van der Waals surface area contributed by atoms with Crippen molar-refractivity contribution < 1.29 is 17.9 Å². The van der Waals surface area contributed by atoms with E-state index in [1.807, 2.05) is 33.8 Å². The van der Waals surface area contributed by atoms with E-state index in [4.69, 9.17) is 9.47 Å². The predicted octanol–water partition coefficient (Wildman–Crippen LogP) is 4.36. The van der Waals surface area contributed by atoms with Gasteiger partial charge < -0.3 is 9.47 Å². The minimum Gasteiger partial charge on any atom is -0.493 e. The van der Waals surface area contributed by atoms with Crippen LogP contribution in [0.1, 0.15) is 37.8 Å². The van der Waals surface area contributed by atoms with Crippen LogP contribution in [-0.2, 0) is 14.8 Å². The highest BCUT2D eigenvalue weighted by Gasteiger charge is 2.28. The van der Waals surface area contributed by atoms with Gasteiger partial charge in [-0.2, -0.15) is 0 Å². The average molecular weight is 433 g/mol. The molecule has 2 heterocycles. The number of nitrogens with zero attached hydrogens (tertiary/aromatic N) is 2. The third kappa shape index (κ3) is 5.52. The van der Waals surface area contributed by atoms with Crippen LogP contribution in [0.25, 0.3) is 0 Å². The molecule has 1 aliphatic heterocycles. The molecule has 1 aliphatic rings. The van der Waals surface area contributed by atoms with E-state index >= 15 is 0 Å². The van der Waals surface area contributed by atoms with Gasteiger partial charge in [0.1, 0.15) is 11.6 Å². The second-order valence-corrected chi connectivity index (χ2v) is 10.3. The number of aromatic nitrogens is 1. The number of ether oxygens (including phenoxy) is 2. The zero-order valence-corrected chi connectivity index (χ0v) is 19.1. The molecule has 0 atom stereocenters. The summed E-state index contributed by atoms with van der Waals surface area (Å²) < 4.78 is 39.6. The van der Waals surface area contributed by atoms with Crippen LogP contribution in [0.3, 0.4) is 0 Å². The number of pyridine rings is 1. The van der Waals surface area contributed by atoms with Crippen LogP contribution in [0, 0.1) is 25.7 Å². The third-order valence-electron chi connectivity index (χ3n) is 5.19. The number of hydrogen-bond acceptors (Lipinski definition) is 5. The van der Waals surface area contributed by atoms with E-state index in [-0.39, 0.29) is 10.8 Å². The standard InChI is InChI=1S/C23H32N2O4S/c1-17(2)15-25(23-19(4)13-18(3)14-24-23)30(26,27)22-7-5-21(6-8-22)29-16-20-9-11-28-12-10-20/h5-8,13-14,17,20H,9-12,15-16H2,1-4H3. The molecule has 1 aromatic heterocycles. The van der Waals surface area contributed by atoms with Gasteiger partial charge in [-0.15, -0.1) is 0 Å². The molecule has 0 spiro atoms. The minimum absolute atomic E-state index is 0.157. The second-order valence-electron chi connectivity index (χ2n) is 8.42. The lowest BCUT2D eigenvalue weighted by Gasteiger charge is -2.27. The van der Waals surface area contributed by atoms with E-state index in [0.29, 0.717) is 30.6 Å². The van der Waals surface area contributed by atoms with Crippen LogP contribution >= 0.6 is 0 Å². The van der Waals surface area contributed by atoms with Gasteiger partial charge >= 0.3 is 0 Å². The lowest BCUT2D eigenvalue weighted by Crippen LogP contribution is -2.35. The molecule has 0 unspecified atom stereocenters. The fraction of sp³-hybridized carbons (Fsp3) is 0.522. The Balaban J connectivity index is 1.80. The lowest BCUT2D eigenvalue weighted by atomic mass is 10.0. The molecule has 0 amide bonds. The molecule has 30 heavy (non-hydrogen) atoms. The van der Waals surface area contributed by atoms with Gasteiger partial charge in [0.05, 0.1) is 11.5 Å². The molecule has 0 radical (unpaired) electrons. The van der Waals surface area contributed by atoms with E-state index in [1.54, 1.807) is 30.5 Å². The van der Waals surface area contributed by atoms with Crippen molar-refractivity contribution in [2.45, 2.75) is 45.4 Å². The van der Waals surface area contributed by atoms with Crippen molar-refractivity contribution in [3.05, 3.63) is 47.7 Å². The van der Waals surface area contributed by atoms with Crippen LogP contribution in [0.4, 0.5) is 5.82 Å². The summed E-state index contributed by atoms with van der Waals surface area (Å²) in [5.74, 6) is 1.80. The highest BCUT2D eigenvalue weighted by atomic mass is 32.2. The summed E-state index contributed by atoms with van der Waals surface area (Å²) in [7, 11) is -3.74. The van der Waals surface area contributed by atoms with Crippen molar-refractivity contribution in [2.24, 2.45) is 11.8 Å². The molecule has 0 N–H and O–H groups in total. The minimum atomic E-state index is -3.74. The number of benzene rings is 1. The molecule has 7 heteroatoms. The molecular weight excluding hydrogens is 400 g/mol. The maximum atomic E-state index is 13.5. The normalized spacial score (nSPS) is 15.4. The quantitative estimate of drug-likeness (QED) is 0.620. The molecule has 1 aromatic carbocycles. The molecule has 164 valence electrons. The molecule has 0 bridgehead atoms. The van der Waals surface area contributed by atoms with Gasteiger partial charge in [0.15, 0.2) is 0 Å². The van der Waals surface area contributed by atoms with E-state index in [9.17, 15) is 8.42 Å². The fourth-order valence-corrected chi connectivity index (χ4v) is 5.21. The first-order valence-electron chi connectivity index (χ1n) is 10.5. The van der Waals surface area contributed by atoms with Gasteiger partial charge in [-0.3, -0.25) is 0 Å². The van der Waals surface area contributed by atoms with E-state index in [2.05, 4.69) is 4.98 Å². The first kappa shape index (κ1) is 22.6. The van der Waals surface area contributed by atoms with Gasteiger partial charge in [0.25, 0.3) is 10.0 Å². The fourth-order valence-electron chi connectivity index (χ4n) is 3.56. The highest BCUT2D eigenvalue weighted by Crippen LogP contribution is 2.28. The number of anilines is 1. The number of hydrogen-bond donors (Lipinski definition) is 0. The Bertz CT molecular complexity index is 936. The van der Waals surface area contributed by atoms with E-state index < -0.39 is 10.0 Å². The second kappa shape index (κ2) is 9.79. The summed E-state index contributed by atoms with van der Waals surface area (Å²) in [5, 5.41) is 0. The number of sulfonamides is 1. The van der Waals surface area contributed by atoms with E-state index in [1.165, 1.54) is 4.31 Å². The van der Waals surface area contributed by atoms with Crippen molar-refractivity contribution in [3.63, 3.8) is 0 Å². The Morgan fingerprint density at radius 3 is 2.43 bits per heavy atom. The molecule has 0 aliphatic carbocycles. The predicted molar refractivity (Wildman–Crippen MR) is 119 cm³/mol. The smallest absolute Gasteiger partial charge is 0.265 e. The van der Waals surface area contributed by atoms with Crippen LogP contribution < -0.4 is 9.04 Å². The van der Waals surface area contributed by atoms with Gasteiger partial charge in [-0.05, 0) is 73.9 Å². The van der Waals surface area contributed by atoms with Crippen LogP contribution in [0.15, 0.2) is 41.4 Å². The largest absolute Gasteiger partial charge is 0.493 e. The third-order valence-corrected chi connectivity index (χ3v) is 6.96. The molecule has 1 fully saturated rings. The highest BCUT2D eigenvalue weighted by molar-refractivity contribution is 7.92. The summed E-state index contributed by atoms with van der Waals surface area (Å²) in [4.78, 5) is 4.67. The van der Waals surface area contributed by atoms with Crippen LogP contribution in [-0.4, -0.2) is 39.8 Å². The first-order valence-corrected chi connectivity index (χ1v) is 12.0. The summed E-state index contributed by atoms with van der Waals surface area (Å²) in [6.45, 7) is 10.4. The van der Waals surface area contributed by atoms with E-state index in [0.717, 1.165) is 37.2 Å². The maximum absolute atomic E-state index is 13.5. The molecular formula is C23H32N2O4S. The monoisotopic (exact) mass is 432 g/mol. The van der Waals surface area contributed by atoms with Gasteiger partial charge in [0.2, 0.25) is 0 Å². The molecule has 6 nitrogen and oxygen atoms in total. The van der Waals surface area contributed by atoms with Crippen molar-refractivity contribution in [2.75, 3.05) is 30.7 Å². The molecule has 2 aromatic rings. The SMILES string of the molecule is Cc1cnc(N(CC(C)C)S(=O)(=O)c2ccc(OCC3CCOCC3)cc2)c(C)c1. The first-order chi connectivity index (χ1) is 14.3. The zero-order valence-electron chi connectivity index (χ0n) is 18.3. The molecule has 1 saturated heterocycles. The summed E-state index contributed by atoms with van der Waals surface area (Å²) >= 11 is 0. The summed E-state index contributed by atoms with van der Waals surface area (Å²) in [5.41, 5.74) is 1.85. The average Bonchev–Trinajstić information content (AvgIpc) is 2.72. The number of rotatable bonds is 8. The zero-order chi connectivity index (χ0) is 21.7. The van der Waals surface area contributed by atoms with Gasteiger partial charge in [-0.25, -0.2) is 17.7 Å². The Morgan fingerprint density at radius 1 is 1.17 bits per heavy atom. The van der Waals surface area contributed by atoms with Crippen LogP contribution in [0.5, 0.6) is 5.75 Å². The van der Waals surface area contributed by atoms with Crippen molar-refractivity contribution in [3.8, 4) is 5.75 Å². The Labute approximate surface area is 180 Å². The summed E-state index contributed by atoms with van der Waals surface area (Å²) in [6, 6.07) is 8.65. The Morgan fingerprint density at radius 2 is 1.83 bits per heavy atom. The molecule has 0 saturated carbocycles. The van der Waals surface area contributed by atoms with Crippen molar-refractivity contribution in [1.82, 2.24) is 4.98 Å². The van der Waals surface area contributed by atoms with Gasteiger partial charge in [-0.1, -0.05) is 19.9 Å². The topological polar surface area (TPSA) is 68.7 Å². The lowest BCUT2D eigenvalue weighted by molar-refractivity contribution is 0.0497. The van der Waals surface area contributed by atoms with Crippen LogP contribution in [0.2, 0.25) is 0 Å². The Kier molecular flexibility index (Phi) is 7.36. The van der Waals surface area contributed by atoms with Gasteiger partial charge in [0, 0.05) is 26.0 Å². The van der Waals surface area contributed by atoms with Crippen molar-refractivity contribution in [1.29, 1.82) is 0 Å². The molecule has 3 rings (SSSR count). The maximum Gasteiger partial charge on any atom is 0.265 e. The Hall–Kier alpha value is -2.12. The van der Waals surface area contributed by atoms with Crippen molar-refractivity contribution >= 4 is 15.8 Å².